The molecule has 16 heavy (non-hydrogen) atoms. The maximum atomic E-state index is 9.59. The molecule has 0 bridgehead atoms. The maximum absolute atomic E-state index is 9.59. The van der Waals surface area contributed by atoms with Gasteiger partial charge in [-0.25, -0.2) is 0 Å². The topological polar surface area (TPSA) is 41.5 Å². The lowest BCUT2D eigenvalue weighted by Gasteiger charge is -2.38. The van der Waals surface area contributed by atoms with E-state index in [1.54, 1.807) is 7.11 Å². The summed E-state index contributed by atoms with van der Waals surface area (Å²) in [5.41, 5.74) is -0.419. The Bertz CT molecular complexity index is 212. The van der Waals surface area contributed by atoms with Gasteiger partial charge in [0.15, 0.2) is 0 Å². The second kappa shape index (κ2) is 5.48. The largest absolute Gasteiger partial charge is 0.394 e. The first-order valence-corrected chi connectivity index (χ1v) is 6.34. The number of hydrogen-bond donors (Lipinski definition) is 2. The number of hydrogen-bond acceptors (Lipinski definition) is 3. The van der Waals surface area contributed by atoms with Gasteiger partial charge in [-0.05, 0) is 40.0 Å². The molecule has 1 rings (SSSR count). The monoisotopic (exact) mass is 229 g/mol. The van der Waals surface area contributed by atoms with Gasteiger partial charge in [0.05, 0.1) is 12.2 Å². The van der Waals surface area contributed by atoms with E-state index in [0.29, 0.717) is 6.04 Å². The number of nitrogens with one attached hydrogen (secondary N) is 1. The molecule has 96 valence electrons. The van der Waals surface area contributed by atoms with Crippen molar-refractivity contribution in [2.75, 3.05) is 13.7 Å². The molecule has 0 spiro atoms. The quantitative estimate of drug-likeness (QED) is 0.733. The summed E-state index contributed by atoms with van der Waals surface area (Å²) in [4.78, 5) is 0. The van der Waals surface area contributed by atoms with Gasteiger partial charge >= 0.3 is 0 Å². The van der Waals surface area contributed by atoms with Crippen LogP contribution in [-0.4, -0.2) is 36.0 Å². The molecule has 0 aliphatic heterocycles. The fraction of sp³-hybridized carbons (Fsp3) is 1.00. The van der Waals surface area contributed by atoms with Crippen molar-refractivity contribution in [1.82, 2.24) is 5.32 Å². The molecule has 0 aromatic heterocycles. The number of rotatable bonds is 6. The molecule has 1 fully saturated rings. The third-order valence-corrected chi connectivity index (χ3v) is 3.63. The van der Waals surface area contributed by atoms with Gasteiger partial charge in [-0.15, -0.1) is 0 Å². The lowest BCUT2D eigenvalue weighted by molar-refractivity contribution is -0.0184. The summed E-state index contributed by atoms with van der Waals surface area (Å²) in [5.74, 6) is 0. The second-order valence-corrected chi connectivity index (χ2v) is 5.99. The summed E-state index contributed by atoms with van der Waals surface area (Å²) in [5, 5.41) is 13.2. The third-order valence-electron chi connectivity index (χ3n) is 3.63. The van der Waals surface area contributed by atoms with Crippen LogP contribution >= 0.6 is 0 Å². The van der Waals surface area contributed by atoms with E-state index in [1.807, 2.05) is 0 Å². The van der Waals surface area contributed by atoms with Crippen LogP contribution in [0.5, 0.6) is 0 Å². The molecule has 0 heterocycles. The van der Waals surface area contributed by atoms with E-state index < -0.39 is 0 Å². The highest BCUT2D eigenvalue weighted by Gasteiger charge is 2.34. The van der Waals surface area contributed by atoms with Crippen LogP contribution in [-0.2, 0) is 4.74 Å². The molecule has 1 aliphatic carbocycles. The molecule has 1 aliphatic rings. The zero-order valence-electron chi connectivity index (χ0n) is 11.2. The van der Waals surface area contributed by atoms with Crippen LogP contribution in [0.4, 0.5) is 0 Å². The molecule has 0 aromatic carbocycles. The zero-order chi connectivity index (χ0) is 12.2. The van der Waals surface area contributed by atoms with Gasteiger partial charge in [0.25, 0.3) is 0 Å². The molecule has 0 amide bonds. The van der Waals surface area contributed by atoms with Crippen molar-refractivity contribution in [2.45, 2.75) is 70.1 Å². The number of aliphatic hydroxyl groups is 1. The summed E-state index contributed by atoms with van der Waals surface area (Å²) in [6.07, 6.45) is 5.93. The Kier molecular flexibility index (Phi) is 4.77. The summed E-state index contributed by atoms with van der Waals surface area (Å²) < 4.78 is 5.45. The van der Waals surface area contributed by atoms with E-state index in [-0.39, 0.29) is 17.7 Å². The Hall–Kier alpha value is -0.120. The van der Waals surface area contributed by atoms with E-state index >= 15 is 0 Å². The second-order valence-electron chi connectivity index (χ2n) is 5.99. The molecule has 0 saturated heterocycles. The van der Waals surface area contributed by atoms with E-state index in [9.17, 15) is 5.11 Å². The Balaban J connectivity index is 2.54. The first-order chi connectivity index (χ1) is 7.41. The molecule has 0 radical (unpaired) electrons. The van der Waals surface area contributed by atoms with Crippen molar-refractivity contribution >= 4 is 0 Å². The molecular weight excluding hydrogens is 202 g/mol. The van der Waals surface area contributed by atoms with Gasteiger partial charge in [0.1, 0.15) is 0 Å². The predicted molar refractivity (Wildman–Crippen MR) is 66.6 cm³/mol. The van der Waals surface area contributed by atoms with E-state index in [4.69, 9.17) is 4.74 Å². The molecule has 1 saturated carbocycles. The summed E-state index contributed by atoms with van der Waals surface area (Å²) in [6, 6.07) is 0.574. The minimum atomic E-state index is -0.228. The van der Waals surface area contributed by atoms with Crippen LogP contribution in [0.3, 0.4) is 0 Å². The normalized spacial score (nSPS) is 22.3. The van der Waals surface area contributed by atoms with Crippen molar-refractivity contribution < 1.29 is 9.84 Å². The van der Waals surface area contributed by atoms with Crippen LogP contribution in [0.2, 0.25) is 0 Å². The molecule has 3 heteroatoms. The maximum Gasteiger partial charge on any atom is 0.0641 e. The number of ether oxygens (including phenoxy) is 1. The molecule has 1 unspecified atom stereocenters. The molecule has 3 nitrogen and oxygen atoms in total. The summed E-state index contributed by atoms with van der Waals surface area (Å²) >= 11 is 0. The van der Waals surface area contributed by atoms with Gasteiger partial charge in [0, 0.05) is 18.7 Å². The highest BCUT2D eigenvalue weighted by molar-refractivity contribution is 4.92. The number of aliphatic hydroxyl groups excluding tert-OH is 1. The van der Waals surface area contributed by atoms with Gasteiger partial charge in [-0.3, -0.25) is 0 Å². The standard InChI is InChI=1S/C13H27NO2/c1-12(2,16-4)9-13(3,10-15)14-11-7-5-6-8-11/h11,14-15H,5-10H2,1-4H3. The fourth-order valence-electron chi connectivity index (χ4n) is 2.73. The lowest BCUT2D eigenvalue weighted by Crippen LogP contribution is -2.53. The van der Waals surface area contributed by atoms with Gasteiger partial charge < -0.3 is 15.2 Å². The first-order valence-electron chi connectivity index (χ1n) is 6.34. The van der Waals surface area contributed by atoms with Crippen LogP contribution in [0.25, 0.3) is 0 Å². The third kappa shape index (κ3) is 4.04. The van der Waals surface area contributed by atoms with Crippen LogP contribution in [0, 0.1) is 0 Å². The Morgan fingerprint density at radius 1 is 1.25 bits per heavy atom. The van der Waals surface area contributed by atoms with Crippen LogP contribution in [0.1, 0.15) is 52.9 Å². The van der Waals surface area contributed by atoms with Gasteiger partial charge in [0.2, 0.25) is 0 Å². The van der Waals surface area contributed by atoms with Gasteiger partial charge in [-0.2, -0.15) is 0 Å². The Morgan fingerprint density at radius 2 is 1.81 bits per heavy atom. The van der Waals surface area contributed by atoms with Crippen molar-refractivity contribution in [1.29, 1.82) is 0 Å². The van der Waals surface area contributed by atoms with Crippen LogP contribution in [0.15, 0.2) is 0 Å². The van der Waals surface area contributed by atoms with Crippen molar-refractivity contribution in [2.24, 2.45) is 0 Å². The average molecular weight is 229 g/mol. The Labute approximate surface area is 99.6 Å². The lowest BCUT2D eigenvalue weighted by atomic mass is 9.87. The zero-order valence-corrected chi connectivity index (χ0v) is 11.2. The highest BCUT2D eigenvalue weighted by Crippen LogP contribution is 2.26. The SMILES string of the molecule is COC(C)(C)CC(C)(CO)NC1CCCC1. The van der Waals surface area contributed by atoms with Crippen molar-refractivity contribution in [3.63, 3.8) is 0 Å². The first kappa shape index (κ1) is 13.9. The van der Waals surface area contributed by atoms with Gasteiger partial charge in [-0.1, -0.05) is 12.8 Å². The molecule has 1 atom stereocenters. The minimum absolute atomic E-state index is 0.163. The smallest absolute Gasteiger partial charge is 0.0641 e. The summed E-state index contributed by atoms with van der Waals surface area (Å²) in [6.45, 7) is 6.39. The fourth-order valence-corrected chi connectivity index (χ4v) is 2.73. The van der Waals surface area contributed by atoms with E-state index in [2.05, 4.69) is 26.1 Å². The van der Waals surface area contributed by atoms with E-state index in [1.165, 1.54) is 25.7 Å². The molecular formula is C13H27NO2. The predicted octanol–water partition coefficient (Wildman–Crippen LogP) is 2.08. The van der Waals surface area contributed by atoms with Crippen LogP contribution < -0.4 is 5.32 Å². The average Bonchev–Trinajstić information content (AvgIpc) is 2.69. The molecule has 2 N–H and O–H groups in total. The Morgan fingerprint density at radius 3 is 2.25 bits per heavy atom. The minimum Gasteiger partial charge on any atom is -0.394 e. The summed E-state index contributed by atoms with van der Waals surface area (Å²) in [7, 11) is 1.73. The van der Waals surface area contributed by atoms with Crippen molar-refractivity contribution in [3.8, 4) is 0 Å². The highest BCUT2D eigenvalue weighted by atomic mass is 16.5. The van der Waals surface area contributed by atoms with E-state index in [0.717, 1.165) is 6.42 Å². The molecule has 0 aromatic rings. The number of methoxy groups -OCH3 is 1. The van der Waals surface area contributed by atoms with Crippen molar-refractivity contribution in [3.05, 3.63) is 0 Å².